The van der Waals surface area contributed by atoms with Crippen molar-refractivity contribution in [2.45, 2.75) is 65.1 Å². The molecule has 1 fully saturated rings. The smallest absolute Gasteiger partial charge is 0.410 e. The van der Waals surface area contributed by atoms with Crippen molar-refractivity contribution >= 4 is 34.5 Å². The van der Waals surface area contributed by atoms with Crippen LogP contribution in [0.3, 0.4) is 0 Å². The summed E-state index contributed by atoms with van der Waals surface area (Å²) in [7, 11) is 2.00. The van der Waals surface area contributed by atoms with Gasteiger partial charge in [-0.1, -0.05) is 46.1 Å². The predicted molar refractivity (Wildman–Crippen MR) is 149 cm³/mol. The molecule has 1 saturated heterocycles. The number of hydrogen-bond acceptors (Lipinski definition) is 7. The first-order valence-corrected chi connectivity index (χ1v) is 13.8. The Morgan fingerprint density at radius 1 is 1.18 bits per heavy atom. The highest BCUT2D eigenvalue weighted by Crippen LogP contribution is 2.53. The number of nitrogens with zero attached hydrogens (tertiary/aromatic N) is 2. The van der Waals surface area contributed by atoms with E-state index in [1.54, 1.807) is 0 Å². The van der Waals surface area contributed by atoms with E-state index >= 15 is 0 Å². The molecule has 0 radical (unpaired) electrons. The Balaban J connectivity index is 2.38. The topological polar surface area (TPSA) is 135 Å². The van der Waals surface area contributed by atoms with E-state index in [1.807, 2.05) is 13.8 Å². The third kappa shape index (κ3) is 7.10. The van der Waals surface area contributed by atoms with Crippen molar-refractivity contribution in [1.29, 1.82) is 0 Å². The molecule has 39 heavy (non-hydrogen) atoms. The van der Waals surface area contributed by atoms with Crippen molar-refractivity contribution in [3.05, 3.63) is 36.6 Å². The second-order valence-electron chi connectivity index (χ2n) is 11.5. The molecule has 2 N–H and O–H groups in total. The lowest BCUT2D eigenvalue weighted by Gasteiger charge is -2.55. The van der Waals surface area contributed by atoms with E-state index in [9.17, 15) is 24.3 Å². The van der Waals surface area contributed by atoms with Crippen LogP contribution in [0.5, 0.6) is 0 Å². The van der Waals surface area contributed by atoms with Gasteiger partial charge >= 0.3 is 18.2 Å². The summed E-state index contributed by atoms with van der Waals surface area (Å²) >= 11 is 0. The van der Waals surface area contributed by atoms with Crippen molar-refractivity contribution in [3.8, 4) is 0 Å². The van der Waals surface area contributed by atoms with Gasteiger partial charge in [0.15, 0.2) is 0 Å². The van der Waals surface area contributed by atoms with Gasteiger partial charge in [-0.2, -0.15) is 0 Å². The first kappa shape index (κ1) is 32.1. The Morgan fingerprint density at radius 3 is 2.28 bits per heavy atom. The molecule has 2 heterocycles. The number of amides is 3. The number of rotatable bonds is 13. The first-order chi connectivity index (χ1) is 18.1. The molecule has 0 spiro atoms. The number of β-lactam (4-membered cyclic amide) rings is 1. The van der Waals surface area contributed by atoms with E-state index in [0.29, 0.717) is 22.5 Å². The number of fused-ring (bicyclic) bond motifs is 1. The molecule has 0 bridgehead atoms. The van der Waals surface area contributed by atoms with Gasteiger partial charge in [-0.15, -0.1) is 0 Å². The van der Waals surface area contributed by atoms with Crippen LogP contribution < -0.4 is 5.32 Å². The monoisotopic (exact) mass is 565 g/mol. The maximum absolute atomic E-state index is 13.5. The Kier molecular flexibility index (Phi) is 10.5. The molecule has 2 aliphatic heterocycles. The van der Waals surface area contributed by atoms with Crippen LogP contribution in [-0.2, 0) is 23.5 Å². The lowest BCUT2D eigenvalue weighted by atomic mass is 9.60. The maximum Gasteiger partial charge on any atom is 0.410 e. The number of carboxylic acids is 1. The summed E-state index contributed by atoms with van der Waals surface area (Å²) in [6.45, 7) is 17.2. The van der Waals surface area contributed by atoms with Crippen LogP contribution in [0.1, 0.15) is 47.5 Å². The molecule has 2 aliphatic rings. The fraction of sp³-hybridized carbons (Fsp3) is 0.630. The Hall–Kier alpha value is -3.12. The lowest BCUT2D eigenvalue weighted by molar-refractivity contribution is -0.170. The summed E-state index contributed by atoms with van der Waals surface area (Å²) < 4.78 is 16.1. The van der Waals surface area contributed by atoms with Gasteiger partial charge in [0.1, 0.15) is 29.4 Å². The molecule has 0 aromatic heterocycles. The number of likely N-dealkylation sites (N-methyl/N-ethyl adjacent to an activating group) is 1. The molecule has 0 saturated carbocycles. The number of carbonyl (C=O) groups excluding carboxylic acids is 3. The number of hydrogen-bond donors (Lipinski definition) is 2. The van der Waals surface area contributed by atoms with Crippen LogP contribution in [0.2, 0.25) is 0 Å². The van der Waals surface area contributed by atoms with E-state index in [1.165, 1.54) is 29.0 Å². The number of aliphatic carboxylic acids is 1. The summed E-state index contributed by atoms with van der Waals surface area (Å²) in [5.41, 5.74) is -0.392. The average molecular weight is 566 g/mol. The number of ether oxygens (including phenoxy) is 2. The number of carboxylic acid groups (broad SMARTS) is 1. The SMILES string of the molecule is C=CCOC(=O)NC[C@@H](CC1=C(C(=O)O)N2C(=O)[C@@H]([C@H](C(C)(C)C)C(C)(C)O[SiH3])[C@H]2C1)N(C)C(=O)OCC=C. The van der Waals surface area contributed by atoms with Crippen molar-refractivity contribution in [2.24, 2.45) is 17.3 Å². The van der Waals surface area contributed by atoms with Gasteiger partial charge in [0.05, 0.1) is 23.6 Å². The quantitative estimate of drug-likeness (QED) is 0.197. The summed E-state index contributed by atoms with van der Waals surface area (Å²) in [6, 6.07) is -1.00. The molecule has 218 valence electrons. The van der Waals surface area contributed by atoms with Crippen molar-refractivity contribution in [3.63, 3.8) is 0 Å². The van der Waals surface area contributed by atoms with Crippen LogP contribution in [0.25, 0.3) is 0 Å². The van der Waals surface area contributed by atoms with Crippen LogP contribution >= 0.6 is 0 Å². The zero-order valence-electron chi connectivity index (χ0n) is 24.1. The zero-order chi connectivity index (χ0) is 29.7. The van der Waals surface area contributed by atoms with E-state index < -0.39 is 35.7 Å². The maximum atomic E-state index is 13.5. The number of carbonyl (C=O) groups is 4. The van der Waals surface area contributed by atoms with Crippen LogP contribution in [0.4, 0.5) is 9.59 Å². The molecule has 0 aliphatic carbocycles. The van der Waals surface area contributed by atoms with E-state index in [-0.39, 0.29) is 55.2 Å². The molecule has 2 rings (SSSR count). The largest absolute Gasteiger partial charge is 0.477 e. The minimum atomic E-state index is -1.21. The lowest BCUT2D eigenvalue weighted by Crippen LogP contribution is -2.66. The van der Waals surface area contributed by atoms with Gasteiger partial charge in [-0.3, -0.25) is 4.79 Å². The summed E-state index contributed by atoms with van der Waals surface area (Å²) in [6.07, 6.45) is 1.94. The minimum absolute atomic E-state index is 0.00780. The summed E-state index contributed by atoms with van der Waals surface area (Å²) in [5, 5.41) is 12.7. The van der Waals surface area contributed by atoms with E-state index in [2.05, 4.69) is 39.2 Å². The van der Waals surface area contributed by atoms with Crippen molar-refractivity contribution < 1.29 is 38.2 Å². The Labute approximate surface area is 233 Å². The molecular formula is C27H43N3O8Si. The van der Waals surface area contributed by atoms with E-state index in [4.69, 9.17) is 13.9 Å². The second-order valence-corrected chi connectivity index (χ2v) is 11.9. The molecule has 3 amide bonds. The molecule has 0 unspecified atom stereocenters. The third-order valence-corrected chi connectivity index (χ3v) is 8.58. The fourth-order valence-corrected chi connectivity index (χ4v) is 6.17. The average Bonchev–Trinajstić information content (AvgIpc) is 3.20. The molecule has 11 nitrogen and oxygen atoms in total. The molecule has 4 atom stereocenters. The number of alkyl carbamates (subject to hydrolysis) is 1. The molecule has 12 heteroatoms. The van der Waals surface area contributed by atoms with Crippen LogP contribution in [0, 0.1) is 17.3 Å². The first-order valence-electron chi connectivity index (χ1n) is 13.0. The second kappa shape index (κ2) is 12.8. The van der Waals surface area contributed by atoms with Crippen LogP contribution in [-0.4, -0.2) is 93.9 Å². The van der Waals surface area contributed by atoms with Gasteiger partial charge in [-0.25, -0.2) is 14.4 Å². The van der Waals surface area contributed by atoms with Gasteiger partial charge < -0.3 is 34.1 Å². The highest BCUT2D eigenvalue weighted by Gasteiger charge is 2.62. The van der Waals surface area contributed by atoms with Gasteiger partial charge in [0, 0.05) is 19.5 Å². The van der Waals surface area contributed by atoms with Gasteiger partial charge in [-0.05, 0) is 37.7 Å². The fourth-order valence-electron chi connectivity index (χ4n) is 5.92. The third-order valence-electron chi connectivity index (χ3n) is 7.53. The zero-order valence-corrected chi connectivity index (χ0v) is 26.1. The van der Waals surface area contributed by atoms with Crippen molar-refractivity contribution in [1.82, 2.24) is 15.1 Å². The normalized spacial score (nSPS) is 20.5. The predicted octanol–water partition coefficient (Wildman–Crippen LogP) is 2.22. The minimum Gasteiger partial charge on any atom is -0.477 e. The number of nitrogens with one attached hydrogen (secondary N) is 1. The van der Waals surface area contributed by atoms with Gasteiger partial charge in [0.2, 0.25) is 5.91 Å². The Morgan fingerprint density at radius 2 is 1.77 bits per heavy atom. The standard InChI is InChI=1S/C27H43N3O8Si/c1-9-11-36-24(34)28-15-17(29(8)25(35)37-12-10-2)13-16-14-18-19(22(31)30(18)20(16)23(32)33)21(26(3,4)5)27(6,7)38-39/h9-10,17-19,21H,1-2,11-15H2,3-8,39H3,(H,28,34)(H,32,33)/t17-,18-,19-,21-/m1/s1. The molecule has 0 aromatic carbocycles. The molecular weight excluding hydrogens is 522 g/mol. The van der Waals surface area contributed by atoms with Crippen molar-refractivity contribution in [2.75, 3.05) is 26.8 Å². The van der Waals surface area contributed by atoms with E-state index in [0.717, 1.165) is 0 Å². The van der Waals surface area contributed by atoms with Gasteiger partial charge in [0.25, 0.3) is 0 Å². The summed E-state index contributed by atoms with van der Waals surface area (Å²) in [5.74, 6) is -2.01. The van der Waals surface area contributed by atoms with Crippen LogP contribution in [0.15, 0.2) is 36.6 Å². The Bertz CT molecular complexity index is 1020. The summed E-state index contributed by atoms with van der Waals surface area (Å²) in [4.78, 5) is 53.3. The highest BCUT2D eigenvalue weighted by molar-refractivity contribution is 6.00. The molecule has 0 aromatic rings. The highest BCUT2D eigenvalue weighted by atomic mass is 28.2.